The zero-order valence-corrected chi connectivity index (χ0v) is 9.83. The molecule has 4 heteroatoms. The summed E-state index contributed by atoms with van der Waals surface area (Å²) in [6, 6.07) is 0.339. The lowest BCUT2D eigenvalue weighted by Gasteiger charge is -2.34. The molecular weight excluding hydrogens is 190 g/mol. The van der Waals surface area contributed by atoms with E-state index in [2.05, 4.69) is 17.1 Å². The molecule has 4 nitrogen and oxygen atoms in total. The van der Waals surface area contributed by atoms with Gasteiger partial charge >= 0.3 is 0 Å². The zero-order valence-electron chi connectivity index (χ0n) is 9.83. The fourth-order valence-corrected chi connectivity index (χ4v) is 2.00. The van der Waals surface area contributed by atoms with Gasteiger partial charge in [0, 0.05) is 32.1 Å². The number of nitrogens with two attached hydrogens (primary N) is 1. The van der Waals surface area contributed by atoms with Crippen LogP contribution in [0.5, 0.6) is 0 Å². The molecule has 0 aromatic heterocycles. The molecule has 1 aliphatic rings. The lowest BCUT2D eigenvalue weighted by atomic mass is 9.95. The maximum absolute atomic E-state index is 11.3. The minimum absolute atomic E-state index is 0.153. The number of hydrogen-bond acceptors (Lipinski definition) is 3. The monoisotopic (exact) mass is 213 g/mol. The van der Waals surface area contributed by atoms with Crippen LogP contribution in [0.1, 0.15) is 26.7 Å². The molecule has 3 N–H and O–H groups in total. The summed E-state index contributed by atoms with van der Waals surface area (Å²) in [5, 5.41) is 2.81. The molecule has 0 aromatic carbocycles. The highest BCUT2D eigenvalue weighted by atomic mass is 16.1. The maximum Gasteiger partial charge on any atom is 0.221 e. The molecule has 0 bridgehead atoms. The van der Waals surface area contributed by atoms with Crippen LogP contribution in [0.25, 0.3) is 0 Å². The molecule has 1 aliphatic heterocycles. The van der Waals surface area contributed by atoms with E-state index in [1.54, 1.807) is 0 Å². The Morgan fingerprint density at radius 2 is 2.33 bits per heavy atom. The van der Waals surface area contributed by atoms with Gasteiger partial charge in [-0.05, 0) is 25.8 Å². The van der Waals surface area contributed by atoms with E-state index >= 15 is 0 Å². The first kappa shape index (κ1) is 12.5. The number of hydrogen-bond donors (Lipinski definition) is 2. The number of amides is 1. The zero-order chi connectivity index (χ0) is 11.3. The maximum atomic E-state index is 11.3. The Labute approximate surface area is 92.2 Å². The SMILES string of the molecule is CCNC(=O)CCN1CCC(N)C(C)C1. The van der Waals surface area contributed by atoms with Crippen molar-refractivity contribution in [1.82, 2.24) is 10.2 Å². The van der Waals surface area contributed by atoms with Crippen molar-refractivity contribution < 1.29 is 4.79 Å². The molecule has 1 fully saturated rings. The predicted octanol–water partition coefficient (Wildman–Crippen LogP) is 0.182. The Morgan fingerprint density at radius 1 is 1.60 bits per heavy atom. The smallest absolute Gasteiger partial charge is 0.221 e. The Hall–Kier alpha value is -0.610. The lowest BCUT2D eigenvalue weighted by Crippen LogP contribution is -2.46. The van der Waals surface area contributed by atoms with Crippen LogP contribution < -0.4 is 11.1 Å². The number of carbonyl (C=O) groups excluding carboxylic acids is 1. The first-order valence-corrected chi connectivity index (χ1v) is 5.88. The average Bonchev–Trinajstić information content (AvgIpc) is 2.20. The quantitative estimate of drug-likeness (QED) is 0.700. The fraction of sp³-hybridized carbons (Fsp3) is 0.909. The number of nitrogens with zero attached hydrogens (tertiary/aromatic N) is 1. The van der Waals surface area contributed by atoms with Crippen LogP contribution in [0.4, 0.5) is 0 Å². The lowest BCUT2D eigenvalue weighted by molar-refractivity contribution is -0.121. The van der Waals surface area contributed by atoms with Crippen LogP contribution in [-0.4, -0.2) is 43.0 Å². The van der Waals surface area contributed by atoms with Gasteiger partial charge in [0.15, 0.2) is 0 Å². The average molecular weight is 213 g/mol. The summed E-state index contributed by atoms with van der Waals surface area (Å²) >= 11 is 0. The van der Waals surface area contributed by atoms with Crippen molar-refractivity contribution in [2.75, 3.05) is 26.2 Å². The van der Waals surface area contributed by atoms with E-state index in [-0.39, 0.29) is 5.91 Å². The van der Waals surface area contributed by atoms with Crippen LogP contribution in [0.2, 0.25) is 0 Å². The van der Waals surface area contributed by atoms with E-state index in [0.29, 0.717) is 18.4 Å². The first-order chi connectivity index (χ1) is 7.13. The van der Waals surface area contributed by atoms with E-state index in [4.69, 9.17) is 5.73 Å². The van der Waals surface area contributed by atoms with E-state index in [1.807, 2.05) is 6.92 Å². The Kier molecular flexibility index (Phi) is 5.05. The Morgan fingerprint density at radius 3 is 2.93 bits per heavy atom. The van der Waals surface area contributed by atoms with Gasteiger partial charge in [0.05, 0.1) is 0 Å². The van der Waals surface area contributed by atoms with Crippen molar-refractivity contribution in [3.05, 3.63) is 0 Å². The second-order valence-corrected chi connectivity index (χ2v) is 4.43. The largest absolute Gasteiger partial charge is 0.356 e. The van der Waals surface area contributed by atoms with Gasteiger partial charge < -0.3 is 16.0 Å². The highest BCUT2D eigenvalue weighted by molar-refractivity contribution is 5.75. The second kappa shape index (κ2) is 6.08. The molecule has 1 heterocycles. The molecule has 15 heavy (non-hydrogen) atoms. The standard InChI is InChI=1S/C11H23N3O/c1-3-13-11(15)5-7-14-6-4-10(12)9(2)8-14/h9-10H,3-8,12H2,1-2H3,(H,13,15). The molecule has 0 saturated carbocycles. The van der Waals surface area contributed by atoms with Crippen LogP contribution >= 0.6 is 0 Å². The number of likely N-dealkylation sites (tertiary alicyclic amines) is 1. The number of rotatable bonds is 4. The third-order valence-corrected chi connectivity index (χ3v) is 3.08. The van der Waals surface area contributed by atoms with Crippen LogP contribution in [-0.2, 0) is 4.79 Å². The first-order valence-electron chi connectivity index (χ1n) is 5.88. The van der Waals surface area contributed by atoms with Gasteiger partial charge in [0.1, 0.15) is 0 Å². The van der Waals surface area contributed by atoms with Crippen LogP contribution in [0, 0.1) is 5.92 Å². The molecular formula is C11H23N3O. The third-order valence-electron chi connectivity index (χ3n) is 3.08. The van der Waals surface area contributed by atoms with Crippen molar-refractivity contribution in [3.8, 4) is 0 Å². The van der Waals surface area contributed by atoms with Gasteiger partial charge in [-0.15, -0.1) is 0 Å². The van der Waals surface area contributed by atoms with Gasteiger partial charge in [0.2, 0.25) is 5.91 Å². The molecule has 1 rings (SSSR count). The van der Waals surface area contributed by atoms with E-state index in [0.717, 1.165) is 32.6 Å². The number of piperidine rings is 1. The van der Waals surface area contributed by atoms with Crippen molar-refractivity contribution in [2.24, 2.45) is 11.7 Å². The molecule has 1 amide bonds. The normalized spacial score (nSPS) is 27.7. The topological polar surface area (TPSA) is 58.4 Å². The summed E-state index contributed by atoms with van der Waals surface area (Å²) in [6.07, 6.45) is 1.66. The van der Waals surface area contributed by atoms with Gasteiger partial charge in [-0.1, -0.05) is 6.92 Å². The summed E-state index contributed by atoms with van der Waals surface area (Å²) < 4.78 is 0. The highest BCUT2D eigenvalue weighted by Gasteiger charge is 2.22. The molecule has 0 spiro atoms. The molecule has 0 aromatic rings. The van der Waals surface area contributed by atoms with Gasteiger partial charge in [-0.25, -0.2) is 0 Å². The number of carbonyl (C=O) groups is 1. The fourth-order valence-electron chi connectivity index (χ4n) is 2.00. The van der Waals surface area contributed by atoms with Gasteiger partial charge in [-0.3, -0.25) is 4.79 Å². The minimum atomic E-state index is 0.153. The summed E-state index contributed by atoms with van der Waals surface area (Å²) in [6.45, 7) is 7.78. The summed E-state index contributed by atoms with van der Waals surface area (Å²) in [5.74, 6) is 0.702. The minimum Gasteiger partial charge on any atom is -0.356 e. The number of nitrogens with one attached hydrogen (secondary N) is 1. The molecule has 0 radical (unpaired) electrons. The molecule has 0 aliphatic carbocycles. The highest BCUT2D eigenvalue weighted by Crippen LogP contribution is 2.14. The molecule has 88 valence electrons. The van der Waals surface area contributed by atoms with Crippen molar-refractivity contribution in [3.63, 3.8) is 0 Å². The van der Waals surface area contributed by atoms with Crippen molar-refractivity contribution >= 4 is 5.91 Å². The van der Waals surface area contributed by atoms with E-state index in [9.17, 15) is 4.79 Å². The molecule has 2 atom stereocenters. The van der Waals surface area contributed by atoms with E-state index in [1.165, 1.54) is 0 Å². The van der Waals surface area contributed by atoms with Gasteiger partial charge in [-0.2, -0.15) is 0 Å². The van der Waals surface area contributed by atoms with Gasteiger partial charge in [0.25, 0.3) is 0 Å². The summed E-state index contributed by atoms with van der Waals surface area (Å²) in [7, 11) is 0. The Bertz CT molecular complexity index is 208. The third kappa shape index (κ3) is 4.18. The second-order valence-electron chi connectivity index (χ2n) is 4.43. The van der Waals surface area contributed by atoms with Crippen LogP contribution in [0.15, 0.2) is 0 Å². The molecule has 2 unspecified atom stereocenters. The summed E-state index contributed by atoms with van der Waals surface area (Å²) in [5.41, 5.74) is 5.94. The van der Waals surface area contributed by atoms with E-state index < -0.39 is 0 Å². The van der Waals surface area contributed by atoms with Crippen LogP contribution in [0.3, 0.4) is 0 Å². The predicted molar refractivity (Wildman–Crippen MR) is 61.5 cm³/mol. The molecule has 1 saturated heterocycles. The Balaban J connectivity index is 2.19. The van der Waals surface area contributed by atoms with Crippen molar-refractivity contribution in [1.29, 1.82) is 0 Å². The summed E-state index contributed by atoms with van der Waals surface area (Å²) in [4.78, 5) is 13.6. The van der Waals surface area contributed by atoms with Crippen molar-refractivity contribution in [2.45, 2.75) is 32.7 Å².